The Kier molecular flexibility index (Phi) is 4.21. The molecule has 0 amide bonds. The van der Waals surface area contributed by atoms with Crippen molar-refractivity contribution in [2.45, 2.75) is 6.54 Å². The monoisotopic (exact) mass is 452 g/mol. The summed E-state index contributed by atoms with van der Waals surface area (Å²) in [4.78, 5) is 22.2. The molecule has 2 aromatic carbocycles. The van der Waals surface area contributed by atoms with Crippen molar-refractivity contribution >= 4 is 44.3 Å². The molecule has 4 heterocycles. The summed E-state index contributed by atoms with van der Waals surface area (Å²) in [5.41, 5.74) is 2.28. The van der Waals surface area contributed by atoms with Crippen LogP contribution in [0.3, 0.4) is 0 Å². The first-order chi connectivity index (χ1) is 16.1. The third-order valence-corrected chi connectivity index (χ3v) is 5.84. The maximum absolute atomic E-state index is 13.8. The summed E-state index contributed by atoms with van der Waals surface area (Å²) in [6.07, 6.45) is 6.75. The third-order valence-electron chi connectivity index (χ3n) is 5.53. The number of fused-ring (bicyclic) bond motifs is 4. The van der Waals surface area contributed by atoms with Crippen molar-refractivity contribution in [3.8, 4) is 11.8 Å². The van der Waals surface area contributed by atoms with Gasteiger partial charge in [0.2, 0.25) is 0 Å². The topological polar surface area (TPSA) is 118 Å². The van der Waals surface area contributed by atoms with Crippen molar-refractivity contribution in [3.05, 3.63) is 87.9 Å². The molecule has 0 bridgehead atoms. The number of hydrogen-bond acceptors (Lipinski definition) is 6. The van der Waals surface area contributed by atoms with Gasteiger partial charge in [-0.2, -0.15) is 15.5 Å². The third kappa shape index (κ3) is 2.96. The van der Waals surface area contributed by atoms with Crippen LogP contribution < -0.4 is 5.56 Å². The van der Waals surface area contributed by atoms with Crippen LogP contribution in [0, 0.1) is 11.3 Å². The van der Waals surface area contributed by atoms with Gasteiger partial charge in [-0.05, 0) is 30.3 Å². The largest absolute Gasteiger partial charge is 0.284 e. The number of rotatable bonds is 3. The van der Waals surface area contributed by atoms with Crippen molar-refractivity contribution in [1.29, 1.82) is 5.26 Å². The van der Waals surface area contributed by atoms with Gasteiger partial charge in [-0.15, -0.1) is 0 Å². The smallest absolute Gasteiger partial charge is 0.278 e. The van der Waals surface area contributed by atoms with Gasteiger partial charge in [-0.3, -0.25) is 19.1 Å². The average molecular weight is 453 g/mol. The van der Waals surface area contributed by atoms with E-state index in [4.69, 9.17) is 11.6 Å². The molecule has 6 aromatic rings. The van der Waals surface area contributed by atoms with Crippen molar-refractivity contribution in [2.75, 3.05) is 0 Å². The average Bonchev–Trinajstić information content (AvgIpc) is 3.47. The predicted molar refractivity (Wildman–Crippen MR) is 123 cm³/mol. The van der Waals surface area contributed by atoms with Crippen LogP contribution in [0.2, 0.25) is 5.02 Å². The van der Waals surface area contributed by atoms with Gasteiger partial charge in [0.05, 0.1) is 33.5 Å². The van der Waals surface area contributed by atoms with Crippen molar-refractivity contribution in [3.63, 3.8) is 0 Å². The van der Waals surface area contributed by atoms with Crippen LogP contribution in [0.25, 0.3) is 38.4 Å². The minimum Gasteiger partial charge on any atom is -0.278 e. The molecule has 0 aliphatic rings. The molecule has 0 saturated heterocycles. The lowest BCUT2D eigenvalue weighted by molar-refractivity contribution is 0.661. The van der Waals surface area contributed by atoms with Crippen molar-refractivity contribution in [1.82, 2.24) is 34.5 Å². The van der Waals surface area contributed by atoms with Gasteiger partial charge in [0.25, 0.3) is 5.56 Å². The molecule has 0 aliphatic carbocycles. The Labute approximate surface area is 190 Å². The molecule has 9 nitrogen and oxygen atoms in total. The van der Waals surface area contributed by atoms with Gasteiger partial charge in [0.1, 0.15) is 18.4 Å². The van der Waals surface area contributed by atoms with Gasteiger partial charge >= 0.3 is 0 Å². The molecule has 10 heteroatoms. The van der Waals surface area contributed by atoms with E-state index in [0.29, 0.717) is 39.9 Å². The molecular weight excluding hydrogens is 440 g/mol. The lowest BCUT2D eigenvalue weighted by Gasteiger charge is -2.13. The Morgan fingerprint density at radius 1 is 1.09 bits per heavy atom. The molecule has 0 atom stereocenters. The fourth-order valence-corrected chi connectivity index (χ4v) is 4.27. The molecule has 1 N–H and O–H groups in total. The van der Waals surface area contributed by atoms with Gasteiger partial charge in [0.15, 0.2) is 5.52 Å². The summed E-state index contributed by atoms with van der Waals surface area (Å²) in [5, 5.41) is 23.5. The van der Waals surface area contributed by atoms with E-state index >= 15 is 0 Å². The summed E-state index contributed by atoms with van der Waals surface area (Å²) in [6, 6.07) is 12.8. The maximum Gasteiger partial charge on any atom is 0.284 e. The molecule has 0 fully saturated rings. The maximum atomic E-state index is 13.8. The van der Waals surface area contributed by atoms with E-state index in [1.54, 1.807) is 52.2 Å². The van der Waals surface area contributed by atoms with E-state index in [2.05, 4.69) is 31.3 Å². The molecule has 6 rings (SSSR count). The number of benzene rings is 2. The highest BCUT2D eigenvalue weighted by atomic mass is 35.5. The molecule has 0 unspecified atom stereocenters. The fraction of sp³-hybridized carbons (Fsp3) is 0.0435. The number of nitriles is 1. The molecule has 158 valence electrons. The summed E-state index contributed by atoms with van der Waals surface area (Å²) >= 11 is 6.38. The second-order valence-corrected chi connectivity index (χ2v) is 7.87. The number of halogens is 1. The standard InChI is InChI=1S/C23H13ClN8O/c24-17-8-20-14(7-13(17)9-25)16-11-31(12-21-26-5-2-6-27-21)30-22(16)23(33)32(20)19-4-1-3-18-15(19)10-28-29-18/h1-8,10-11H,12H2,(H,28,29). The van der Waals surface area contributed by atoms with Crippen LogP contribution >= 0.6 is 11.6 Å². The highest BCUT2D eigenvalue weighted by Crippen LogP contribution is 2.31. The molecule has 0 spiro atoms. The number of H-pyrrole nitrogens is 1. The van der Waals surface area contributed by atoms with E-state index in [9.17, 15) is 10.1 Å². The highest BCUT2D eigenvalue weighted by molar-refractivity contribution is 6.32. The SMILES string of the molecule is N#Cc1cc2c3cn(Cc4ncccn4)nc3c(=O)n(-c3cccc4[nH]ncc34)c2cc1Cl. The fourth-order valence-electron chi connectivity index (χ4n) is 4.07. The summed E-state index contributed by atoms with van der Waals surface area (Å²) in [6.45, 7) is 0.298. The predicted octanol–water partition coefficient (Wildman–Crippen LogP) is 3.58. The lowest BCUT2D eigenvalue weighted by Crippen LogP contribution is -2.20. The quantitative estimate of drug-likeness (QED) is 0.438. The Bertz CT molecular complexity index is 1790. The van der Waals surface area contributed by atoms with E-state index < -0.39 is 0 Å². The van der Waals surface area contributed by atoms with Crippen LogP contribution in [-0.2, 0) is 6.54 Å². The van der Waals surface area contributed by atoms with Crippen LogP contribution in [-0.4, -0.2) is 34.5 Å². The van der Waals surface area contributed by atoms with Gasteiger partial charge in [0, 0.05) is 34.7 Å². The number of pyridine rings is 1. The lowest BCUT2D eigenvalue weighted by atomic mass is 10.1. The van der Waals surface area contributed by atoms with Crippen molar-refractivity contribution in [2.24, 2.45) is 0 Å². The van der Waals surface area contributed by atoms with Gasteiger partial charge < -0.3 is 0 Å². The number of nitrogens with zero attached hydrogens (tertiary/aromatic N) is 7. The first-order valence-electron chi connectivity index (χ1n) is 9.98. The zero-order valence-electron chi connectivity index (χ0n) is 16.9. The minimum absolute atomic E-state index is 0.266. The van der Waals surface area contributed by atoms with Gasteiger partial charge in [-0.25, -0.2) is 9.97 Å². The molecule has 4 aromatic heterocycles. The number of nitrogens with one attached hydrogen (secondary N) is 1. The molecule has 0 saturated carbocycles. The Hall–Kier alpha value is -4.55. The van der Waals surface area contributed by atoms with Crippen LogP contribution in [0.4, 0.5) is 0 Å². The van der Waals surface area contributed by atoms with Crippen LogP contribution in [0.5, 0.6) is 0 Å². The van der Waals surface area contributed by atoms with Crippen LogP contribution in [0.15, 0.2) is 66.0 Å². The first-order valence-corrected chi connectivity index (χ1v) is 10.4. The normalized spacial score (nSPS) is 11.4. The highest BCUT2D eigenvalue weighted by Gasteiger charge is 2.19. The molecule has 0 radical (unpaired) electrons. The zero-order chi connectivity index (χ0) is 22.5. The van der Waals surface area contributed by atoms with Crippen molar-refractivity contribution < 1.29 is 0 Å². The van der Waals surface area contributed by atoms with Gasteiger partial charge in [-0.1, -0.05) is 17.7 Å². The first kappa shape index (κ1) is 19.2. The second kappa shape index (κ2) is 7.25. The van der Waals surface area contributed by atoms with E-state index in [0.717, 1.165) is 10.9 Å². The second-order valence-electron chi connectivity index (χ2n) is 7.46. The van der Waals surface area contributed by atoms with E-state index in [1.165, 1.54) is 0 Å². The zero-order valence-corrected chi connectivity index (χ0v) is 17.7. The Morgan fingerprint density at radius 2 is 1.94 bits per heavy atom. The molecule has 33 heavy (non-hydrogen) atoms. The van der Waals surface area contributed by atoms with E-state index in [-0.39, 0.29) is 16.1 Å². The summed E-state index contributed by atoms with van der Waals surface area (Å²) in [5.74, 6) is 0.568. The minimum atomic E-state index is -0.306. The van der Waals surface area contributed by atoms with E-state index in [1.807, 2.05) is 18.2 Å². The number of aromatic amines is 1. The Morgan fingerprint density at radius 3 is 2.76 bits per heavy atom. The number of aromatic nitrogens is 7. The summed E-state index contributed by atoms with van der Waals surface area (Å²) in [7, 11) is 0. The molecule has 0 aliphatic heterocycles. The Balaban J connectivity index is 1.72. The summed E-state index contributed by atoms with van der Waals surface area (Å²) < 4.78 is 3.20. The number of hydrogen-bond donors (Lipinski definition) is 1. The molecular formula is C23H13ClN8O. The van der Waals surface area contributed by atoms with Crippen LogP contribution in [0.1, 0.15) is 11.4 Å².